The Balaban J connectivity index is 1.78. The number of hydroxylamine groups is 1. The second kappa shape index (κ2) is 5.18. The summed E-state index contributed by atoms with van der Waals surface area (Å²) < 4.78 is 0. The highest BCUT2D eigenvalue weighted by atomic mass is 16.7. The lowest BCUT2D eigenvalue weighted by molar-refractivity contribution is -0.0244. The van der Waals surface area contributed by atoms with Gasteiger partial charge in [-0.1, -0.05) is 18.9 Å². The fourth-order valence-corrected chi connectivity index (χ4v) is 1.93. The number of benzene rings is 1. The quantitative estimate of drug-likeness (QED) is 0.540. The molecule has 0 saturated heterocycles. The Kier molecular flexibility index (Phi) is 3.64. The summed E-state index contributed by atoms with van der Waals surface area (Å²) in [5, 5.41) is 18.4. The predicted octanol–water partition coefficient (Wildman–Crippen LogP) is 2.06. The Labute approximate surface area is 94.8 Å². The van der Waals surface area contributed by atoms with Crippen molar-refractivity contribution in [2.75, 3.05) is 0 Å². The van der Waals surface area contributed by atoms with Crippen molar-refractivity contribution in [3.8, 4) is 11.5 Å². The SMILES string of the molecule is Oc1ccc(CNOC2CCCC2)cc1O. The van der Waals surface area contributed by atoms with E-state index in [2.05, 4.69) is 5.48 Å². The van der Waals surface area contributed by atoms with Crippen molar-refractivity contribution >= 4 is 0 Å². The average Bonchev–Trinajstić information content (AvgIpc) is 2.76. The first-order chi connectivity index (χ1) is 7.75. The molecule has 1 aliphatic carbocycles. The van der Waals surface area contributed by atoms with Gasteiger partial charge in [0.2, 0.25) is 0 Å². The van der Waals surface area contributed by atoms with Gasteiger partial charge in [0, 0.05) is 6.54 Å². The molecule has 1 aliphatic rings. The van der Waals surface area contributed by atoms with Gasteiger partial charge in [0.05, 0.1) is 6.10 Å². The summed E-state index contributed by atoms with van der Waals surface area (Å²) in [4.78, 5) is 5.48. The highest BCUT2D eigenvalue weighted by Gasteiger charge is 2.15. The summed E-state index contributed by atoms with van der Waals surface area (Å²) in [5.41, 5.74) is 3.78. The smallest absolute Gasteiger partial charge is 0.157 e. The monoisotopic (exact) mass is 223 g/mol. The first-order valence-corrected chi connectivity index (χ1v) is 5.65. The van der Waals surface area contributed by atoms with E-state index in [1.807, 2.05) is 0 Å². The summed E-state index contributed by atoms with van der Waals surface area (Å²) in [7, 11) is 0. The van der Waals surface area contributed by atoms with Crippen LogP contribution in [0.2, 0.25) is 0 Å². The van der Waals surface area contributed by atoms with Crippen LogP contribution in [-0.2, 0) is 11.4 Å². The molecule has 0 bridgehead atoms. The molecule has 0 unspecified atom stereocenters. The van der Waals surface area contributed by atoms with Crippen LogP contribution >= 0.6 is 0 Å². The fraction of sp³-hybridized carbons (Fsp3) is 0.500. The molecule has 0 heterocycles. The van der Waals surface area contributed by atoms with Gasteiger partial charge in [-0.05, 0) is 30.5 Å². The summed E-state index contributed by atoms with van der Waals surface area (Å²) >= 11 is 0. The van der Waals surface area contributed by atoms with Crippen molar-refractivity contribution in [1.29, 1.82) is 0 Å². The highest BCUT2D eigenvalue weighted by molar-refractivity contribution is 5.40. The molecule has 1 saturated carbocycles. The van der Waals surface area contributed by atoms with E-state index in [0.717, 1.165) is 18.4 Å². The third-order valence-corrected chi connectivity index (χ3v) is 2.87. The van der Waals surface area contributed by atoms with Crippen LogP contribution in [-0.4, -0.2) is 16.3 Å². The number of hydrogen-bond acceptors (Lipinski definition) is 4. The molecule has 1 aromatic rings. The van der Waals surface area contributed by atoms with Crippen LogP contribution in [0.25, 0.3) is 0 Å². The van der Waals surface area contributed by atoms with Crippen molar-refractivity contribution in [3.63, 3.8) is 0 Å². The van der Waals surface area contributed by atoms with E-state index in [4.69, 9.17) is 9.94 Å². The van der Waals surface area contributed by atoms with Gasteiger partial charge in [-0.2, -0.15) is 5.48 Å². The maximum absolute atomic E-state index is 9.29. The molecule has 88 valence electrons. The van der Waals surface area contributed by atoms with Gasteiger partial charge >= 0.3 is 0 Å². The number of phenols is 2. The highest BCUT2D eigenvalue weighted by Crippen LogP contribution is 2.25. The van der Waals surface area contributed by atoms with E-state index in [0.29, 0.717) is 12.6 Å². The molecule has 4 nitrogen and oxygen atoms in total. The maximum atomic E-state index is 9.29. The number of hydrogen-bond donors (Lipinski definition) is 3. The van der Waals surface area contributed by atoms with Gasteiger partial charge in [-0.3, -0.25) is 4.84 Å². The van der Waals surface area contributed by atoms with Crippen LogP contribution in [0.3, 0.4) is 0 Å². The Bertz CT molecular complexity index is 348. The zero-order chi connectivity index (χ0) is 11.4. The largest absolute Gasteiger partial charge is 0.504 e. The van der Waals surface area contributed by atoms with Crippen LogP contribution < -0.4 is 5.48 Å². The van der Waals surface area contributed by atoms with Crippen molar-refractivity contribution in [3.05, 3.63) is 23.8 Å². The first kappa shape index (κ1) is 11.2. The molecule has 4 heteroatoms. The van der Waals surface area contributed by atoms with Crippen molar-refractivity contribution in [2.45, 2.75) is 38.3 Å². The molecule has 0 radical (unpaired) electrons. The van der Waals surface area contributed by atoms with Gasteiger partial charge in [0.1, 0.15) is 0 Å². The van der Waals surface area contributed by atoms with Crippen LogP contribution in [0, 0.1) is 0 Å². The number of nitrogens with one attached hydrogen (secondary N) is 1. The second-order valence-electron chi connectivity index (χ2n) is 4.17. The summed E-state index contributed by atoms with van der Waals surface area (Å²) in [5.74, 6) is -0.194. The van der Waals surface area contributed by atoms with Crippen LogP contribution in [0.5, 0.6) is 11.5 Å². The average molecular weight is 223 g/mol. The van der Waals surface area contributed by atoms with Crippen LogP contribution in [0.1, 0.15) is 31.2 Å². The fourth-order valence-electron chi connectivity index (χ4n) is 1.93. The predicted molar refractivity (Wildman–Crippen MR) is 60.0 cm³/mol. The lowest BCUT2D eigenvalue weighted by Gasteiger charge is -2.11. The minimum absolute atomic E-state index is 0.0968. The molecule has 0 aliphatic heterocycles. The molecule has 0 atom stereocenters. The van der Waals surface area contributed by atoms with Gasteiger partial charge in [0.15, 0.2) is 11.5 Å². The lowest BCUT2D eigenvalue weighted by atomic mass is 10.2. The number of rotatable bonds is 4. The third-order valence-electron chi connectivity index (χ3n) is 2.87. The summed E-state index contributed by atoms with van der Waals surface area (Å²) in [6, 6.07) is 4.75. The van der Waals surface area contributed by atoms with E-state index >= 15 is 0 Å². The molecule has 0 amide bonds. The Morgan fingerprint density at radius 1 is 1.19 bits per heavy atom. The number of phenolic OH excluding ortho intramolecular Hbond substituents is 2. The zero-order valence-corrected chi connectivity index (χ0v) is 9.15. The summed E-state index contributed by atoms with van der Waals surface area (Å²) in [6.07, 6.45) is 5.05. The number of aromatic hydroxyl groups is 2. The topological polar surface area (TPSA) is 61.7 Å². The van der Waals surface area contributed by atoms with E-state index in [9.17, 15) is 5.11 Å². The summed E-state index contributed by atoms with van der Waals surface area (Å²) in [6.45, 7) is 0.532. The van der Waals surface area contributed by atoms with Crippen LogP contribution in [0.15, 0.2) is 18.2 Å². The van der Waals surface area contributed by atoms with E-state index in [1.54, 1.807) is 6.07 Å². The van der Waals surface area contributed by atoms with E-state index in [-0.39, 0.29) is 11.5 Å². The Morgan fingerprint density at radius 3 is 2.62 bits per heavy atom. The molecule has 2 rings (SSSR count). The molecule has 1 aromatic carbocycles. The molecule has 0 aromatic heterocycles. The molecular formula is C12H17NO3. The molecule has 1 fully saturated rings. The third kappa shape index (κ3) is 2.87. The minimum Gasteiger partial charge on any atom is -0.504 e. The molecule has 0 spiro atoms. The van der Waals surface area contributed by atoms with E-state index < -0.39 is 0 Å². The zero-order valence-electron chi connectivity index (χ0n) is 9.15. The van der Waals surface area contributed by atoms with Gasteiger partial charge in [-0.15, -0.1) is 0 Å². The molecular weight excluding hydrogens is 206 g/mol. The molecule has 16 heavy (non-hydrogen) atoms. The van der Waals surface area contributed by atoms with Crippen molar-refractivity contribution in [2.24, 2.45) is 0 Å². The molecule has 3 N–H and O–H groups in total. The normalized spacial score (nSPS) is 16.8. The second-order valence-corrected chi connectivity index (χ2v) is 4.17. The van der Waals surface area contributed by atoms with Gasteiger partial charge in [0.25, 0.3) is 0 Å². The van der Waals surface area contributed by atoms with Crippen molar-refractivity contribution < 1.29 is 15.1 Å². The van der Waals surface area contributed by atoms with Crippen molar-refractivity contribution in [1.82, 2.24) is 5.48 Å². The standard InChI is InChI=1S/C12H17NO3/c14-11-6-5-9(7-12(11)15)8-13-16-10-3-1-2-4-10/h5-7,10,13-15H,1-4,8H2. The van der Waals surface area contributed by atoms with Gasteiger partial charge < -0.3 is 10.2 Å². The van der Waals surface area contributed by atoms with Crippen LogP contribution in [0.4, 0.5) is 0 Å². The van der Waals surface area contributed by atoms with E-state index in [1.165, 1.54) is 25.0 Å². The lowest BCUT2D eigenvalue weighted by Crippen LogP contribution is -2.21. The Hall–Kier alpha value is -1.26. The van der Waals surface area contributed by atoms with Gasteiger partial charge in [-0.25, -0.2) is 0 Å². The minimum atomic E-state index is -0.0971. The first-order valence-electron chi connectivity index (χ1n) is 5.65. The maximum Gasteiger partial charge on any atom is 0.157 e. The Morgan fingerprint density at radius 2 is 1.94 bits per heavy atom.